The predicted molar refractivity (Wildman–Crippen MR) is 83.5 cm³/mol. The minimum atomic E-state index is -0.0454. The maximum absolute atomic E-state index is 12.0. The fourth-order valence-electron chi connectivity index (χ4n) is 1.95. The molecular formula is C16H23N3O2. The number of benzene rings is 1. The standard InChI is InChI=1S/C16H23N3O2/c1-3-8-17-15(20)10-18-14-9-12(5-4-11(14)2)16(21)19-13-6-7-13/h4-5,9,13,18H,3,6-8,10H2,1-2H3,(H,17,20)(H,19,21). The molecule has 0 aliphatic heterocycles. The minimum absolute atomic E-state index is 0.0379. The van der Waals surface area contributed by atoms with E-state index in [1.807, 2.05) is 26.0 Å². The van der Waals surface area contributed by atoms with Gasteiger partial charge in [0, 0.05) is 23.8 Å². The molecule has 2 amide bonds. The molecule has 5 nitrogen and oxygen atoms in total. The Balaban J connectivity index is 1.94. The lowest BCUT2D eigenvalue weighted by molar-refractivity contribution is -0.119. The van der Waals surface area contributed by atoms with E-state index in [2.05, 4.69) is 16.0 Å². The van der Waals surface area contributed by atoms with Gasteiger partial charge < -0.3 is 16.0 Å². The number of carbonyl (C=O) groups is 2. The van der Waals surface area contributed by atoms with Gasteiger partial charge in [-0.15, -0.1) is 0 Å². The van der Waals surface area contributed by atoms with E-state index in [1.54, 1.807) is 6.07 Å². The monoisotopic (exact) mass is 289 g/mol. The Bertz CT molecular complexity index is 524. The Morgan fingerprint density at radius 2 is 2.05 bits per heavy atom. The van der Waals surface area contributed by atoms with Crippen molar-refractivity contribution in [3.8, 4) is 0 Å². The lowest BCUT2D eigenvalue weighted by Crippen LogP contribution is -2.30. The molecular weight excluding hydrogens is 266 g/mol. The number of aryl methyl sites for hydroxylation is 1. The van der Waals surface area contributed by atoms with E-state index in [0.717, 1.165) is 30.5 Å². The molecule has 1 aromatic carbocycles. The summed E-state index contributed by atoms with van der Waals surface area (Å²) in [4.78, 5) is 23.6. The highest BCUT2D eigenvalue weighted by molar-refractivity contribution is 5.95. The molecule has 0 radical (unpaired) electrons. The van der Waals surface area contributed by atoms with E-state index in [0.29, 0.717) is 18.2 Å². The van der Waals surface area contributed by atoms with Crippen LogP contribution in [0.15, 0.2) is 18.2 Å². The summed E-state index contributed by atoms with van der Waals surface area (Å²) >= 11 is 0. The summed E-state index contributed by atoms with van der Waals surface area (Å²) in [7, 11) is 0. The average Bonchev–Trinajstić information content (AvgIpc) is 3.28. The van der Waals surface area contributed by atoms with Gasteiger partial charge in [0.2, 0.25) is 5.91 Å². The zero-order chi connectivity index (χ0) is 15.2. The Labute approximate surface area is 125 Å². The van der Waals surface area contributed by atoms with Crippen LogP contribution in [0.2, 0.25) is 0 Å². The summed E-state index contributed by atoms with van der Waals surface area (Å²) in [6.07, 6.45) is 3.06. The number of amides is 2. The lowest BCUT2D eigenvalue weighted by Gasteiger charge is -2.12. The molecule has 1 saturated carbocycles. The van der Waals surface area contributed by atoms with Crippen LogP contribution < -0.4 is 16.0 Å². The number of rotatable bonds is 7. The molecule has 3 N–H and O–H groups in total. The molecule has 21 heavy (non-hydrogen) atoms. The van der Waals surface area contributed by atoms with Crippen molar-refractivity contribution >= 4 is 17.5 Å². The van der Waals surface area contributed by atoms with E-state index < -0.39 is 0 Å². The molecule has 0 spiro atoms. The molecule has 1 aliphatic rings. The maximum atomic E-state index is 12.0. The van der Waals surface area contributed by atoms with Crippen LogP contribution in [0.1, 0.15) is 42.1 Å². The van der Waals surface area contributed by atoms with Crippen LogP contribution in [0.4, 0.5) is 5.69 Å². The number of carbonyl (C=O) groups excluding carboxylic acids is 2. The maximum Gasteiger partial charge on any atom is 0.251 e. The van der Waals surface area contributed by atoms with Crippen molar-refractivity contribution in [2.75, 3.05) is 18.4 Å². The first-order chi connectivity index (χ1) is 10.1. The van der Waals surface area contributed by atoms with Gasteiger partial charge in [0.25, 0.3) is 5.91 Å². The van der Waals surface area contributed by atoms with Gasteiger partial charge in [0.15, 0.2) is 0 Å². The quantitative estimate of drug-likeness (QED) is 0.717. The van der Waals surface area contributed by atoms with Crippen molar-refractivity contribution in [3.05, 3.63) is 29.3 Å². The summed E-state index contributed by atoms with van der Waals surface area (Å²) < 4.78 is 0. The Hall–Kier alpha value is -2.04. The van der Waals surface area contributed by atoms with Gasteiger partial charge in [0.1, 0.15) is 0 Å². The molecule has 5 heteroatoms. The second-order valence-corrected chi connectivity index (χ2v) is 5.48. The SMILES string of the molecule is CCCNC(=O)CNc1cc(C(=O)NC2CC2)ccc1C. The highest BCUT2D eigenvalue weighted by atomic mass is 16.2. The second-order valence-electron chi connectivity index (χ2n) is 5.48. The highest BCUT2D eigenvalue weighted by Gasteiger charge is 2.23. The summed E-state index contributed by atoms with van der Waals surface area (Å²) in [5, 5.41) is 8.87. The topological polar surface area (TPSA) is 70.2 Å². The van der Waals surface area contributed by atoms with Gasteiger partial charge in [-0.2, -0.15) is 0 Å². The van der Waals surface area contributed by atoms with Crippen molar-refractivity contribution in [1.82, 2.24) is 10.6 Å². The fourth-order valence-corrected chi connectivity index (χ4v) is 1.95. The van der Waals surface area contributed by atoms with Crippen molar-refractivity contribution in [2.45, 2.75) is 39.2 Å². The van der Waals surface area contributed by atoms with Crippen molar-refractivity contribution < 1.29 is 9.59 Å². The van der Waals surface area contributed by atoms with Crippen LogP contribution >= 0.6 is 0 Å². The lowest BCUT2D eigenvalue weighted by atomic mass is 10.1. The summed E-state index contributed by atoms with van der Waals surface area (Å²) in [5.41, 5.74) is 2.47. The number of anilines is 1. The molecule has 114 valence electrons. The van der Waals surface area contributed by atoms with E-state index in [1.165, 1.54) is 0 Å². The van der Waals surface area contributed by atoms with Gasteiger partial charge in [-0.25, -0.2) is 0 Å². The van der Waals surface area contributed by atoms with Crippen molar-refractivity contribution in [1.29, 1.82) is 0 Å². The van der Waals surface area contributed by atoms with E-state index in [-0.39, 0.29) is 18.4 Å². The normalized spacial score (nSPS) is 13.6. The van der Waals surface area contributed by atoms with Gasteiger partial charge in [0.05, 0.1) is 6.54 Å². The molecule has 2 rings (SSSR count). The molecule has 0 unspecified atom stereocenters. The Kier molecular flexibility index (Phi) is 5.20. The van der Waals surface area contributed by atoms with Gasteiger partial charge >= 0.3 is 0 Å². The molecule has 0 bridgehead atoms. The smallest absolute Gasteiger partial charge is 0.251 e. The Morgan fingerprint density at radius 3 is 2.71 bits per heavy atom. The van der Waals surface area contributed by atoms with Crippen molar-refractivity contribution in [3.63, 3.8) is 0 Å². The molecule has 0 saturated heterocycles. The third kappa shape index (κ3) is 4.77. The predicted octanol–water partition coefficient (Wildman–Crippen LogP) is 1.83. The van der Waals surface area contributed by atoms with Crippen LogP contribution in [0.25, 0.3) is 0 Å². The van der Waals surface area contributed by atoms with E-state index in [9.17, 15) is 9.59 Å². The summed E-state index contributed by atoms with van der Waals surface area (Å²) in [6.45, 7) is 4.87. The number of nitrogens with one attached hydrogen (secondary N) is 3. The Morgan fingerprint density at radius 1 is 1.29 bits per heavy atom. The van der Waals surface area contributed by atoms with Crippen LogP contribution in [0, 0.1) is 6.92 Å². The van der Waals surface area contributed by atoms with Crippen LogP contribution in [-0.4, -0.2) is 30.9 Å². The minimum Gasteiger partial charge on any atom is -0.376 e. The van der Waals surface area contributed by atoms with Crippen LogP contribution in [-0.2, 0) is 4.79 Å². The fraction of sp³-hybridized carbons (Fsp3) is 0.500. The first-order valence-electron chi connectivity index (χ1n) is 7.52. The first-order valence-corrected chi connectivity index (χ1v) is 7.52. The van der Waals surface area contributed by atoms with E-state index >= 15 is 0 Å². The van der Waals surface area contributed by atoms with Crippen LogP contribution in [0.5, 0.6) is 0 Å². The first kappa shape index (κ1) is 15.4. The van der Waals surface area contributed by atoms with E-state index in [4.69, 9.17) is 0 Å². The van der Waals surface area contributed by atoms with Crippen LogP contribution in [0.3, 0.4) is 0 Å². The van der Waals surface area contributed by atoms with Crippen molar-refractivity contribution in [2.24, 2.45) is 0 Å². The van der Waals surface area contributed by atoms with Gasteiger partial charge in [-0.3, -0.25) is 9.59 Å². The number of hydrogen-bond donors (Lipinski definition) is 3. The largest absolute Gasteiger partial charge is 0.376 e. The highest BCUT2D eigenvalue weighted by Crippen LogP contribution is 2.21. The molecule has 1 fully saturated rings. The zero-order valence-corrected chi connectivity index (χ0v) is 12.7. The molecule has 0 aromatic heterocycles. The average molecular weight is 289 g/mol. The molecule has 1 aromatic rings. The molecule has 0 atom stereocenters. The number of hydrogen-bond acceptors (Lipinski definition) is 3. The molecule has 0 heterocycles. The third-order valence-electron chi connectivity index (χ3n) is 3.42. The molecule has 1 aliphatic carbocycles. The summed E-state index contributed by atoms with van der Waals surface area (Å²) in [6, 6.07) is 5.86. The van der Waals surface area contributed by atoms with Gasteiger partial charge in [-0.1, -0.05) is 13.0 Å². The second kappa shape index (κ2) is 7.11. The van der Waals surface area contributed by atoms with Gasteiger partial charge in [-0.05, 0) is 43.9 Å². The summed E-state index contributed by atoms with van der Waals surface area (Å²) in [5.74, 6) is -0.0833. The third-order valence-corrected chi connectivity index (χ3v) is 3.42. The zero-order valence-electron chi connectivity index (χ0n) is 12.7.